The maximum atomic E-state index is 9.76. The average Bonchev–Trinajstić information content (AvgIpc) is 2.66. The van der Waals surface area contributed by atoms with Gasteiger partial charge in [0.15, 0.2) is 0 Å². The Morgan fingerprint density at radius 1 is 1.62 bits per heavy atom. The lowest BCUT2D eigenvalue weighted by Gasteiger charge is -2.38. The van der Waals surface area contributed by atoms with Crippen LogP contribution in [0.4, 0.5) is 0 Å². The summed E-state index contributed by atoms with van der Waals surface area (Å²) in [6, 6.07) is 0. The summed E-state index contributed by atoms with van der Waals surface area (Å²) in [5.74, 6) is 2.98. The molecule has 2 aliphatic heterocycles. The minimum atomic E-state index is -0.306. The van der Waals surface area contributed by atoms with Crippen molar-refractivity contribution in [3.63, 3.8) is 0 Å². The number of rotatable bonds is 4. The number of ether oxygens (including phenoxy) is 2. The van der Waals surface area contributed by atoms with Gasteiger partial charge in [-0.05, 0) is 37.4 Å². The van der Waals surface area contributed by atoms with Gasteiger partial charge in [0.25, 0.3) is 0 Å². The first-order valence-corrected chi connectivity index (χ1v) is 7.28. The Labute approximate surface area is 102 Å². The molecule has 3 atom stereocenters. The molecule has 0 aromatic carbocycles. The summed E-state index contributed by atoms with van der Waals surface area (Å²) < 4.78 is 10.9. The summed E-state index contributed by atoms with van der Waals surface area (Å²) in [6.45, 7) is 1.32. The van der Waals surface area contributed by atoms with Crippen LogP contribution in [0.3, 0.4) is 0 Å². The smallest absolute Gasteiger partial charge is 0.0783 e. The summed E-state index contributed by atoms with van der Waals surface area (Å²) >= 11 is 2.00. The van der Waals surface area contributed by atoms with Crippen molar-refractivity contribution in [3.05, 3.63) is 0 Å². The Kier molecular flexibility index (Phi) is 4.53. The van der Waals surface area contributed by atoms with Crippen LogP contribution in [0.1, 0.15) is 25.7 Å². The van der Waals surface area contributed by atoms with Crippen molar-refractivity contribution in [2.24, 2.45) is 5.92 Å². The van der Waals surface area contributed by atoms with Crippen LogP contribution < -0.4 is 0 Å². The molecule has 0 bridgehead atoms. The molecule has 2 heterocycles. The Morgan fingerprint density at radius 2 is 2.50 bits per heavy atom. The molecule has 0 amide bonds. The van der Waals surface area contributed by atoms with Gasteiger partial charge in [-0.25, -0.2) is 0 Å². The van der Waals surface area contributed by atoms with Crippen molar-refractivity contribution in [3.8, 4) is 0 Å². The summed E-state index contributed by atoms with van der Waals surface area (Å²) in [6.07, 6.45) is 3.96. The average molecular weight is 246 g/mol. The third-order valence-electron chi connectivity index (χ3n) is 3.63. The van der Waals surface area contributed by atoms with Gasteiger partial charge in [0.2, 0.25) is 0 Å². The maximum Gasteiger partial charge on any atom is 0.0783 e. The lowest BCUT2D eigenvalue weighted by molar-refractivity contribution is -0.0878. The van der Waals surface area contributed by atoms with Gasteiger partial charge in [0.1, 0.15) is 0 Å². The fraction of sp³-hybridized carbons (Fsp3) is 1.00. The van der Waals surface area contributed by atoms with Crippen LogP contribution in [-0.4, -0.2) is 48.6 Å². The topological polar surface area (TPSA) is 38.7 Å². The van der Waals surface area contributed by atoms with E-state index in [9.17, 15) is 5.11 Å². The summed E-state index contributed by atoms with van der Waals surface area (Å²) in [5.41, 5.74) is 0.139. The van der Waals surface area contributed by atoms with Crippen LogP contribution >= 0.6 is 11.8 Å². The molecule has 0 saturated carbocycles. The molecule has 4 heteroatoms. The first-order valence-electron chi connectivity index (χ1n) is 6.13. The highest BCUT2D eigenvalue weighted by Gasteiger charge is 2.40. The highest BCUT2D eigenvalue weighted by Crippen LogP contribution is 2.41. The summed E-state index contributed by atoms with van der Waals surface area (Å²) in [5, 5.41) is 9.76. The van der Waals surface area contributed by atoms with E-state index in [1.54, 1.807) is 7.11 Å². The van der Waals surface area contributed by atoms with E-state index in [0.717, 1.165) is 31.6 Å². The second-order valence-electron chi connectivity index (χ2n) is 5.04. The molecule has 1 N–H and O–H groups in total. The van der Waals surface area contributed by atoms with E-state index >= 15 is 0 Å². The van der Waals surface area contributed by atoms with E-state index in [0.29, 0.717) is 12.5 Å². The first kappa shape index (κ1) is 12.7. The Morgan fingerprint density at radius 3 is 3.19 bits per heavy atom. The minimum absolute atomic E-state index is 0.139. The summed E-state index contributed by atoms with van der Waals surface area (Å²) in [4.78, 5) is 0. The Balaban J connectivity index is 1.82. The molecule has 1 spiro atoms. The molecule has 3 nitrogen and oxygen atoms in total. The SMILES string of the molecule is COCC(O)CC1CCOC2(CCSC2)C1. The van der Waals surface area contributed by atoms with Crippen molar-refractivity contribution in [2.45, 2.75) is 37.4 Å². The first-order chi connectivity index (χ1) is 7.74. The maximum absolute atomic E-state index is 9.76. The van der Waals surface area contributed by atoms with Gasteiger partial charge in [0, 0.05) is 19.5 Å². The number of hydrogen-bond acceptors (Lipinski definition) is 4. The molecule has 2 rings (SSSR count). The minimum Gasteiger partial charge on any atom is -0.391 e. The quantitative estimate of drug-likeness (QED) is 0.819. The molecule has 16 heavy (non-hydrogen) atoms. The molecule has 0 aromatic heterocycles. The normalized spacial score (nSPS) is 36.8. The predicted octanol–water partition coefficient (Wildman–Crippen LogP) is 1.69. The molecule has 0 aliphatic carbocycles. The molecule has 0 aromatic rings. The zero-order chi connectivity index (χ0) is 11.4. The van der Waals surface area contributed by atoms with Crippen molar-refractivity contribution in [1.29, 1.82) is 0 Å². The Bertz CT molecular complexity index is 216. The van der Waals surface area contributed by atoms with Crippen LogP contribution in [0, 0.1) is 5.92 Å². The zero-order valence-electron chi connectivity index (χ0n) is 9.98. The van der Waals surface area contributed by atoms with E-state index in [4.69, 9.17) is 9.47 Å². The monoisotopic (exact) mass is 246 g/mol. The largest absolute Gasteiger partial charge is 0.391 e. The standard InChI is InChI=1S/C12H22O3S/c1-14-8-11(13)6-10-2-4-15-12(7-10)3-5-16-9-12/h10-11,13H,2-9H2,1H3. The molecule has 2 aliphatic rings. The predicted molar refractivity (Wildman–Crippen MR) is 65.8 cm³/mol. The molecule has 94 valence electrons. The van der Waals surface area contributed by atoms with Gasteiger partial charge in [0.05, 0.1) is 18.3 Å². The number of methoxy groups -OCH3 is 1. The second kappa shape index (κ2) is 5.71. The third-order valence-corrected chi connectivity index (χ3v) is 4.85. The fourth-order valence-electron chi connectivity index (χ4n) is 2.84. The molecule has 0 radical (unpaired) electrons. The van der Waals surface area contributed by atoms with Crippen molar-refractivity contribution < 1.29 is 14.6 Å². The number of thioether (sulfide) groups is 1. The fourth-order valence-corrected chi connectivity index (χ4v) is 4.22. The molecular formula is C12H22O3S. The molecular weight excluding hydrogens is 224 g/mol. The lowest BCUT2D eigenvalue weighted by atomic mass is 9.82. The lowest BCUT2D eigenvalue weighted by Crippen LogP contribution is -2.40. The van der Waals surface area contributed by atoms with E-state index in [1.807, 2.05) is 11.8 Å². The van der Waals surface area contributed by atoms with Crippen molar-refractivity contribution >= 4 is 11.8 Å². The van der Waals surface area contributed by atoms with Gasteiger partial charge in [-0.1, -0.05) is 0 Å². The molecule has 2 saturated heterocycles. The van der Waals surface area contributed by atoms with E-state index in [2.05, 4.69) is 0 Å². The van der Waals surface area contributed by atoms with Crippen molar-refractivity contribution in [2.75, 3.05) is 31.8 Å². The number of hydrogen-bond donors (Lipinski definition) is 1. The van der Waals surface area contributed by atoms with E-state index < -0.39 is 0 Å². The van der Waals surface area contributed by atoms with Gasteiger partial charge < -0.3 is 14.6 Å². The van der Waals surface area contributed by atoms with Gasteiger partial charge in [-0.3, -0.25) is 0 Å². The van der Waals surface area contributed by atoms with Crippen molar-refractivity contribution in [1.82, 2.24) is 0 Å². The van der Waals surface area contributed by atoms with Gasteiger partial charge >= 0.3 is 0 Å². The van der Waals surface area contributed by atoms with E-state index in [-0.39, 0.29) is 11.7 Å². The Hall–Kier alpha value is 0.230. The van der Waals surface area contributed by atoms with Gasteiger partial charge in [-0.15, -0.1) is 0 Å². The van der Waals surface area contributed by atoms with Crippen LogP contribution in [0.15, 0.2) is 0 Å². The van der Waals surface area contributed by atoms with Crippen LogP contribution in [0.5, 0.6) is 0 Å². The van der Waals surface area contributed by atoms with Crippen LogP contribution in [0.25, 0.3) is 0 Å². The molecule has 3 unspecified atom stereocenters. The van der Waals surface area contributed by atoms with Gasteiger partial charge in [-0.2, -0.15) is 11.8 Å². The van der Waals surface area contributed by atoms with E-state index in [1.165, 1.54) is 12.2 Å². The van der Waals surface area contributed by atoms with Crippen LogP contribution in [0.2, 0.25) is 0 Å². The highest BCUT2D eigenvalue weighted by atomic mass is 32.2. The third kappa shape index (κ3) is 3.13. The highest BCUT2D eigenvalue weighted by molar-refractivity contribution is 7.99. The number of aliphatic hydroxyl groups is 1. The molecule has 2 fully saturated rings. The van der Waals surface area contributed by atoms with Crippen LogP contribution in [-0.2, 0) is 9.47 Å². The summed E-state index contributed by atoms with van der Waals surface area (Å²) in [7, 11) is 1.64. The zero-order valence-corrected chi connectivity index (χ0v) is 10.8. The second-order valence-corrected chi connectivity index (χ2v) is 6.14. The number of aliphatic hydroxyl groups excluding tert-OH is 1.